The lowest BCUT2D eigenvalue weighted by Crippen LogP contribution is -2.48. The molecule has 2 saturated heterocycles. The Labute approximate surface area is 135 Å². The lowest BCUT2D eigenvalue weighted by Gasteiger charge is -2.35. The van der Waals surface area contributed by atoms with Crippen LogP contribution in [0.5, 0.6) is 0 Å². The van der Waals surface area contributed by atoms with Crippen molar-refractivity contribution in [3.05, 3.63) is 35.4 Å². The van der Waals surface area contributed by atoms with Gasteiger partial charge in [0, 0.05) is 39.3 Å². The van der Waals surface area contributed by atoms with Gasteiger partial charge in [0.15, 0.2) is 0 Å². The third-order valence-corrected chi connectivity index (χ3v) is 5.19. The first kappa shape index (κ1) is 16.0. The number of hydrogen-bond donors (Lipinski definition) is 0. The molecule has 2 heterocycles. The van der Waals surface area contributed by atoms with Crippen LogP contribution in [-0.2, 0) is 11.2 Å². The maximum absolute atomic E-state index is 5.49. The molecule has 1 atom stereocenters. The molecule has 0 aliphatic carbocycles. The van der Waals surface area contributed by atoms with Crippen LogP contribution in [0, 0.1) is 12.8 Å². The number of hydrogen-bond acceptors (Lipinski definition) is 3. The molecule has 0 radical (unpaired) electrons. The predicted octanol–water partition coefficient (Wildman–Crippen LogP) is 2.58. The van der Waals surface area contributed by atoms with Crippen molar-refractivity contribution < 1.29 is 4.74 Å². The first-order valence-corrected chi connectivity index (χ1v) is 8.88. The number of piperazine rings is 1. The summed E-state index contributed by atoms with van der Waals surface area (Å²) in [5.74, 6) is 0.785. The summed E-state index contributed by atoms with van der Waals surface area (Å²) in [4.78, 5) is 5.27. The van der Waals surface area contributed by atoms with Gasteiger partial charge in [-0.1, -0.05) is 24.3 Å². The molecule has 0 saturated carbocycles. The van der Waals surface area contributed by atoms with E-state index in [0.717, 1.165) is 19.1 Å². The van der Waals surface area contributed by atoms with Crippen molar-refractivity contribution in [3.63, 3.8) is 0 Å². The number of aryl methyl sites for hydroxylation is 2. The van der Waals surface area contributed by atoms with Gasteiger partial charge < -0.3 is 14.5 Å². The molecule has 1 aromatic rings. The number of nitrogens with zero attached hydrogens (tertiary/aromatic N) is 2. The van der Waals surface area contributed by atoms with Gasteiger partial charge in [-0.15, -0.1) is 0 Å². The van der Waals surface area contributed by atoms with Crippen LogP contribution in [0.3, 0.4) is 0 Å². The lowest BCUT2D eigenvalue weighted by molar-refractivity contribution is 0.110. The molecule has 0 amide bonds. The fraction of sp³-hybridized carbons (Fsp3) is 0.684. The standard InChI is InChI=1S/C19H30N2O/c1-17-5-2-3-6-19(17)7-4-9-20-10-12-21(13-11-20)15-18-8-14-22-16-18/h2-3,5-6,18H,4,7-16H2,1H3. The van der Waals surface area contributed by atoms with E-state index in [0.29, 0.717) is 0 Å². The maximum atomic E-state index is 5.49. The topological polar surface area (TPSA) is 15.7 Å². The summed E-state index contributed by atoms with van der Waals surface area (Å²) in [6, 6.07) is 8.79. The molecule has 3 rings (SSSR count). The highest BCUT2D eigenvalue weighted by molar-refractivity contribution is 5.25. The molecule has 0 N–H and O–H groups in total. The lowest BCUT2D eigenvalue weighted by atomic mass is 10.0. The van der Waals surface area contributed by atoms with Crippen LogP contribution in [-0.4, -0.2) is 62.3 Å². The van der Waals surface area contributed by atoms with Gasteiger partial charge in [0.2, 0.25) is 0 Å². The summed E-state index contributed by atoms with van der Waals surface area (Å²) in [7, 11) is 0. The molecule has 3 nitrogen and oxygen atoms in total. The quantitative estimate of drug-likeness (QED) is 0.803. The molecule has 22 heavy (non-hydrogen) atoms. The average molecular weight is 302 g/mol. The molecule has 1 unspecified atom stereocenters. The Balaban J connectivity index is 1.33. The van der Waals surface area contributed by atoms with Crippen molar-refractivity contribution in [2.75, 3.05) is 52.5 Å². The van der Waals surface area contributed by atoms with Crippen molar-refractivity contribution >= 4 is 0 Å². The van der Waals surface area contributed by atoms with Crippen molar-refractivity contribution in [2.24, 2.45) is 5.92 Å². The SMILES string of the molecule is Cc1ccccc1CCCN1CCN(CC2CCOC2)CC1. The minimum Gasteiger partial charge on any atom is -0.381 e. The normalized spacial score (nSPS) is 24.0. The average Bonchev–Trinajstić information content (AvgIpc) is 3.04. The summed E-state index contributed by atoms with van der Waals surface area (Å²) in [5.41, 5.74) is 2.95. The van der Waals surface area contributed by atoms with Crippen molar-refractivity contribution in [1.82, 2.24) is 9.80 Å². The first-order valence-electron chi connectivity index (χ1n) is 8.88. The fourth-order valence-electron chi connectivity index (χ4n) is 3.67. The largest absolute Gasteiger partial charge is 0.381 e. The minimum absolute atomic E-state index is 0.785. The number of benzene rings is 1. The van der Waals surface area contributed by atoms with Crippen molar-refractivity contribution in [1.29, 1.82) is 0 Å². The van der Waals surface area contributed by atoms with Crippen molar-refractivity contribution in [2.45, 2.75) is 26.2 Å². The number of ether oxygens (including phenoxy) is 1. The van der Waals surface area contributed by atoms with Crippen LogP contribution in [0.1, 0.15) is 24.0 Å². The minimum atomic E-state index is 0.785. The molecule has 0 aromatic heterocycles. The number of rotatable bonds is 6. The Kier molecular flexibility index (Phi) is 5.88. The van der Waals surface area contributed by atoms with Crippen LogP contribution in [0.15, 0.2) is 24.3 Å². The molecule has 2 fully saturated rings. The van der Waals surface area contributed by atoms with Gasteiger partial charge >= 0.3 is 0 Å². The Morgan fingerprint density at radius 3 is 2.59 bits per heavy atom. The van der Waals surface area contributed by atoms with E-state index in [2.05, 4.69) is 41.0 Å². The molecule has 1 aromatic carbocycles. The summed E-state index contributed by atoms with van der Waals surface area (Å²) in [5, 5.41) is 0. The van der Waals surface area contributed by atoms with Gasteiger partial charge in [-0.05, 0) is 49.8 Å². The summed E-state index contributed by atoms with van der Waals surface area (Å²) in [6.07, 6.45) is 3.75. The monoisotopic (exact) mass is 302 g/mol. The van der Waals surface area contributed by atoms with Crippen LogP contribution in [0.2, 0.25) is 0 Å². The first-order chi connectivity index (χ1) is 10.8. The van der Waals surface area contributed by atoms with Gasteiger partial charge in [-0.25, -0.2) is 0 Å². The van der Waals surface area contributed by atoms with E-state index < -0.39 is 0 Å². The van der Waals surface area contributed by atoms with Crippen LogP contribution < -0.4 is 0 Å². The van der Waals surface area contributed by atoms with Gasteiger partial charge in [-0.3, -0.25) is 0 Å². The molecule has 122 valence electrons. The van der Waals surface area contributed by atoms with Crippen LogP contribution in [0.4, 0.5) is 0 Å². The molecule has 3 heteroatoms. The molecular weight excluding hydrogens is 272 g/mol. The third-order valence-electron chi connectivity index (χ3n) is 5.19. The highest BCUT2D eigenvalue weighted by atomic mass is 16.5. The predicted molar refractivity (Wildman–Crippen MR) is 91.3 cm³/mol. The molecule has 2 aliphatic rings. The summed E-state index contributed by atoms with van der Waals surface area (Å²) < 4.78 is 5.49. The van der Waals surface area contributed by atoms with E-state index in [-0.39, 0.29) is 0 Å². The third kappa shape index (κ3) is 4.55. The van der Waals surface area contributed by atoms with E-state index in [4.69, 9.17) is 4.74 Å². The Bertz CT molecular complexity index is 449. The smallest absolute Gasteiger partial charge is 0.0507 e. The molecule has 0 bridgehead atoms. The van der Waals surface area contributed by atoms with Crippen LogP contribution >= 0.6 is 0 Å². The van der Waals surface area contributed by atoms with E-state index in [1.165, 1.54) is 69.7 Å². The maximum Gasteiger partial charge on any atom is 0.0507 e. The Morgan fingerprint density at radius 1 is 1.09 bits per heavy atom. The van der Waals surface area contributed by atoms with Gasteiger partial charge in [-0.2, -0.15) is 0 Å². The fourth-order valence-corrected chi connectivity index (χ4v) is 3.67. The molecular formula is C19H30N2O. The van der Waals surface area contributed by atoms with E-state index in [9.17, 15) is 0 Å². The zero-order valence-electron chi connectivity index (χ0n) is 14.0. The van der Waals surface area contributed by atoms with Gasteiger partial charge in [0.25, 0.3) is 0 Å². The van der Waals surface area contributed by atoms with E-state index in [1.54, 1.807) is 0 Å². The van der Waals surface area contributed by atoms with Crippen molar-refractivity contribution in [3.8, 4) is 0 Å². The zero-order valence-corrected chi connectivity index (χ0v) is 14.0. The second-order valence-corrected chi connectivity index (χ2v) is 6.90. The van der Waals surface area contributed by atoms with E-state index >= 15 is 0 Å². The molecule has 0 spiro atoms. The summed E-state index contributed by atoms with van der Waals surface area (Å²) in [6.45, 7) is 11.6. The molecule has 2 aliphatic heterocycles. The van der Waals surface area contributed by atoms with Crippen LogP contribution in [0.25, 0.3) is 0 Å². The van der Waals surface area contributed by atoms with Gasteiger partial charge in [0.05, 0.1) is 6.61 Å². The Hall–Kier alpha value is -0.900. The summed E-state index contributed by atoms with van der Waals surface area (Å²) >= 11 is 0. The highest BCUT2D eigenvalue weighted by Crippen LogP contribution is 2.15. The zero-order chi connectivity index (χ0) is 15.2. The highest BCUT2D eigenvalue weighted by Gasteiger charge is 2.22. The Morgan fingerprint density at radius 2 is 1.86 bits per heavy atom. The van der Waals surface area contributed by atoms with E-state index in [1.807, 2.05) is 0 Å². The van der Waals surface area contributed by atoms with Gasteiger partial charge in [0.1, 0.15) is 0 Å². The second kappa shape index (κ2) is 8.09. The second-order valence-electron chi connectivity index (χ2n) is 6.90.